The minimum absolute atomic E-state index is 0.161. The number of anilines is 1. The number of aliphatic hydroxyl groups excluding tert-OH is 1. The van der Waals surface area contributed by atoms with E-state index in [2.05, 4.69) is 20.5 Å². The molecule has 0 saturated heterocycles. The number of aryl methyl sites for hydroxylation is 2. The minimum atomic E-state index is -0.300. The van der Waals surface area contributed by atoms with Gasteiger partial charge in [-0.1, -0.05) is 23.7 Å². The number of aliphatic hydroxyl groups is 1. The molecule has 1 aliphatic rings. The topological polar surface area (TPSA) is 104 Å². The highest BCUT2D eigenvalue weighted by Crippen LogP contribution is 2.27. The highest BCUT2D eigenvalue weighted by atomic mass is 35.5. The molecule has 0 radical (unpaired) electrons. The standard InChI is InChI=1S/C22H22ClN5O3/c1-13-3-4-17(10-18(13)23)25-22(30)28-7-5-15(6-8-28)20-14(2)9-16(11-24-20)21-27-26-19(12-29)31-21/h3-5,9-11,29H,6-8,12H2,1-2H3,(H,25,30). The van der Waals surface area contributed by atoms with Crippen LogP contribution in [0.15, 0.2) is 41.0 Å². The Hall–Kier alpha value is -3.23. The van der Waals surface area contributed by atoms with Crippen molar-refractivity contribution in [2.45, 2.75) is 26.9 Å². The highest BCUT2D eigenvalue weighted by molar-refractivity contribution is 6.31. The Labute approximate surface area is 184 Å². The van der Waals surface area contributed by atoms with Gasteiger partial charge in [-0.25, -0.2) is 4.79 Å². The zero-order valence-electron chi connectivity index (χ0n) is 17.2. The Balaban J connectivity index is 1.43. The van der Waals surface area contributed by atoms with Crippen LogP contribution in [0.2, 0.25) is 5.02 Å². The average molecular weight is 440 g/mol. The summed E-state index contributed by atoms with van der Waals surface area (Å²) in [6.45, 7) is 4.67. The Morgan fingerprint density at radius 2 is 2.10 bits per heavy atom. The second-order valence-electron chi connectivity index (χ2n) is 7.37. The normalized spacial score (nSPS) is 13.8. The van der Waals surface area contributed by atoms with Crippen LogP contribution in [0.5, 0.6) is 0 Å². The molecular formula is C22H22ClN5O3. The second kappa shape index (κ2) is 8.87. The maximum Gasteiger partial charge on any atom is 0.322 e. The predicted octanol–water partition coefficient (Wildman–Crippen LogP) is 4.22. The molecule has 8 nitrogen and oxygen atoms in total. The highest BCUT2D eigenvalue weighted by Gasteiger charge is 2.20. The smallest absolute Gasteiger partial charge is 0.322 e. The first-order chi connectivity index (χ1) is 14.9. The van der Waals surface area contributed by atoms with Gasteiger partial charge in [-0.2, -0.15) is 0 Å². The fraction of sp³-hybridized carbons (Fsp3) is 0.273. The number of urea groups is 1. The van der Waals surface area contributed by atoms with Crippen molar-refractivity contribution < 1.29 is 14.3 Å². The van der Waals surface area contributed by atoms with Crippen LogP contribution in [0.1, 0.15) is 29.1 Å². The molecule has 2 aromatic heterocycles. The molecule has 160 valence electrons. The van der Waals surface area contributed by atoms with Gasteiger partial charge in [-0.05, 0) is 55.2 Å². The number of nitrogens with zero attached hydrogens (tertiary/aromatic N) is 4. The van der Waals surface area contributed by atoms with E-state index in [4.69, 9.17) is 21.1 Å². The lowest BCUT2D eigenvalue weighted by molar-refractivity contribution is 0.217. The molecular weight excluding hydrogens is 418 g/mol. The number of amides is 2. The van der Waals surface area contributed by atoms with Crippen LogP contribution in [0.25, 0.3) is 17.0 Å². The zero-order chi connectivity index (χ0) is 22.0. The van der Waals surface area contributed by atoms with Gasteiger partial charge in [0.25, 0.3) is 0 Å². The van der Waals surface area contributed by atoms with Crippen LogP contribution in [0.3, 0.4) is 0 Å². The lowest BCUT2D eigenvalue weighted by Gasteiger charge is -2.27. The number of carbonyl (C=O) groups excluding carboxylic acids is 1. The first kappa shape index (κ1) is 21.0. The molecule has 9 heteroatoms. The van der Waals surface area contributed by atoms with Crippen molar-refractivity contribution in [2.75, 3.05) is 18.4 Å². The van der Waals surface area contributed by atoms with Crippen molar-refractivity contribution in [1.29, 1.82) is 0 Å². The number of carbonyl (C=O) groups is 1. The molecule has 2 amide bonds. The van der Waals surface area contributed by atoms with E-state index in [1.165, 1.54) is 0 Å². The number of halogens is 1. The quantitative estimate of drug-likeness (QED) is 0.630. The third-order valence-electron chi connectivity index (χ3n) is 5.15. The van der Waals surface area contributed by atoms with E-state index < -0.39 is 0 Å². The summed E-state index contributed by atoms with van der Waals surface area (Å²) in [5.41, 5.74) is 5.28. The van der Waals surface area contributed by atoms with E-state index in [1.54, 1.807) is 17.2 Å². The van der Waals surface area contributed by atoms with Gasteiger partial charge in [-0.15, -0.1) is 10.2 Å². The monoisotopic (exact) mass is 439 g/mol. The number of aromatic nitrogens is 3. The van der Waals surface area contributed by atoms with Crippen LogP contribution in [-0.4, -0.2) is 44.3 Å². The molecule has 0 saturated carbocycles. The molecule has 4 rings (SSSR count). The van der Waals surface area contributed by atoms with Crippen LogP contribution in [0.4, 0.5) is 10.5 Å². The number of hydrogen-bond donors (Lipinski definition) is 2. The molecule has 0 unspecified atom stereocenters. The van der Waals surface area contributed by atoms with Crippen LogP contribution in [-0.2, 0) is 6.61 Å². The SMILES string of the molecule is Cc1ccc(NC(=O)N2CC=C(c3ncc(-c4nnc(CO)o4)cc3C)CC2)cc1Cl. The van der Waals surface area contributed by atoms with Crippen molar-refractivity contribution in [3.63, 3.8) is 0 Å². The molecule has 31 heavy (non-hydrogen) atoms. The Bertz CT molecular complexity index is 1160. The lowest BCUT2D eigenvalue weighted by atomic mass is 10.00. The maximum absolute atomic E-state index is 12.6. The summed E-state index contributed by atoms with van der Waals surface area (Å²) < 4.78 is 5.38. The van der Waals surface area contributed by atoms with Gasteiger partial charge >= 0.3 is 6.03 Å². The van der Waals surface area contributed by atoms with Gasteiger partial charge in [0.15, 0.2) is 0 Å². The van der Waals surface area contributed by atoms with Gasteiger partial charge in [-0.3, -0.25) is 4.98 Å². The van der Waals surface area contributed by atoms with E-state index in [0.717, 1.165) is 22.4 Å². The summed E-state index contributed by atoms with van der Waals surface area (Å²) in [5, 5.41) is 20.3. The molecule has 1 aromatic carbocycles. The molecule has 0 spiro atoms. The number of benzene rings is 1. The third-order valence-corrected chi connectivity index (χ3v) is 5.56. The van der Waals surface area contributed by atoms with E-state index in [-0.39, 0.29) is 18.5 Å². The van der Waals surface area contributed by atoms with Crippen molar-refractivity contribution >= 4 is 28.9 Å². The maximum atomic E-state index is 12.6. The molecule has 0 bridgehead atoms. The van der Waals surface area contributed by atoms with E-state index in [1.807, 2.05) is 38.1 Å². The number of pyridine rings is 1. The van der Waals surface area contributed by atoms with Crippen LogP contribution >= 0.6 is 11.6 Å². The number of nitrogens with one attached hydrogen (secondary N) is 1. The van der Waals surface area contributed by atoms with Crippen molar-refractivity contribution in [3.8, 4) is 11.5 Å². The van der Waals surface area contributed by atoms with Gasteiger partial charge < -0.3 is 19.7 Å². The first-order valence-electron chi connectivity index (χ1n) is 9.86. The summed E-state index contributed by atoms with van der Waals surface area (Å²) in [6, 6.07) is 7.24. The Morgan fingerprint density at radius 3 is 2.74 bits per heavy atom. The molecule has 0 aliphatic carbocycles. The fourth-order valence-corrected chi connectivity index (χ4v) is 3.58. The fourth-order valence-electron chi connectivity index (χ4n) is 3.40. The summed E-state index contributed by atoms with van der Waals surface area (Å²) in [7, 11) is 0. The van der Waals surface area contributed by atoms with Crippen molar-refractivity contribution in [3.05, 3.63) is 64.3 Å². The predicted molar refractivity (Wildman–Crippen MR) is 118 cm³/mol. The Morgan fingerprint density at radius 1 is 1.26 bits per heavy atom. The molecule has 1 aliphatic heterocycles. The molecule has 3 heterocycles. The van der Waals surface area contributed by atoms with Crippen LogP contribution in [0, 0.1) is 13.8 Å². The number of hydrogen-bond acceptors (Lipinski definition) is 6. The average Bonchev–Trinajstić information content (AvgIpc) is 3.26. The lowest BCUT2D eigenvalue weighted by Crippen LogP contribution is -2.38. The summed E-state index contributed by atoms with van der Waals surface area (Å²) in [4.78, 5) is 18.9. The van der Waals surface area contributed by atoms with Crippen molar-refractivity contribution in [2.24, 2.45) is 0 Å². The largest absolute Gasteiger partial charge is 0.418 e. The Kier molecular flexibility index (Phi) is 6.01. The van der Waals surface area contributed by atoms with E-state index >= 15 is 0 Å². The minimum Gasteiger partial charge on any atom is -0.418 e. The zero-order valence-corrected chi connectivity index (χ0v) is 18.0. The van der Waals surface area contributed by atoms with Gasteiger partial charge in [0.05, 0.1) is 11.3 Å². The summed E-state index contributed by atoms with van der Waals surface area (Å²) in [6.07, 6.45) is 4.40. The van der Waals surface area contributed by atoms with Crippen molar-refractivity contribution in [1.82, 2.24) is 20.1 Å². The van der Waals surface area contributed by atoms with Gasteiger partial charge in [0.2, 0.25) is 11.8 Å². The molecule has 2 N–H and O–H groups in total. The van der Waals surface area contributed by atoms with E-state index in [9.17, 15) is 4.79 Å². The molecule has 0 fully saturated rings. The second-order valence-corrected chi connectivity index (χ2v) is 7.78. The first-order valence-corrected chi connectivity index (χ1v) is 10.2. The van der Waals surface area contributed by atoms with Gasteiger partial charge in [0.1, 0.15) is 6.61 Å². The van der Waals surface area contributed by atoms with Gasteiger partial charge in [0, 0.05) is 30.0 Å². The van der Waals surface area contributed by atoms with Crippen LogP contribution < -0.4 is 5.32 Å². The number of rotatable bonds is 4. The summed E-state index contributed by atoms with van der Waals surface area (Å²) >= 11 is 6.14. The third kappa shape index (κ3) is 4.60. The molecule has 3 aromatic rings. The summed E-state index contributed by atoms with van der Waals surface area (Å²) in [5.74, 6) is 0.487. The van der Waals surface area contributed by atoms with E-state index in [0.29, 0.717) is 41.7 Å². The molecule has 0 atom stereocenters.